The van der Waals surface area contributed by atoms with E-state index in [9.17, 15) is 19.0 Å². The molecule has 9 nitrogen and oxygen atoms in total. The van der Waals surface area contributed by atoms with Crippen LogP contribution in [0, 0.1) is 0 Å². The normalized spacial score (nSPS) is 14.7. The van der Waals surface area contributed by atoms with E-state index < -0.39 is 32.5 Å². The molecule has 3 unspecified atom stereocenters. The number of carbonyl (C=O) groups excluding carboxylic acids is 2. The number of ether oxygens (including phenoxy) is 1. The van der Waals surface area contributed by atoms with Gasteiger partial charge in [-0.2, -0.15) is 0 Å². The Labute approximate surface area is 448 Å². The number of rotatable bonds is 50. The fourth-order valence-corrected chi connectivity index (χ4v) is 8.20. The molecule has 1 N–H and O–H groups in total. The molecule has 0 aliphatic rings. The summed E-state index contributed by atoms with van der Waals surface area (Å²) >= 11 is 0. The number of nitrogens with one attached hydrogen (secondary N) is 1. The summed E-state index contributed by atoms with van der Waals surface area (Å²) in [6.07, 6.45) is 71.7. The van der Waals surface area contributed by atoms with Gasteiger partial charge in [0.1, 0.15) is 19.3 Å². The zero-order valence-corrected chi connectivity index (χ0v) is 48.2. The van der Waals surface area contributed by atoms with Gasteiger partial charge in [0.05, 0.1) is 33.8 Å². The number of phosphoric acid groups is 1. The second kappa shape index (κ2) is 51.9. The van der Waals surface area contributed by atoms with E-state index in [1.54, 1.807) is 6.08 Å². The first-order chi connectivity index (χ1) is 35.4. The monoisotopic (exact) mass is 1030 g/mol. The molecule has 0 aliphatic carbocycles. The van der Waals surface area contributed by atoms with Crippen LogP contribution in [0.15, 0.2) is 122 Å². The number of allylic oxidation sites excluding steroid dienone is 19. The summed E-state index contributed by atoms with van der Waals surface area (Å²) in [6.45, 7) is 6.54. The number of likely N-dealkylation sites (N-methyl/N-ethyl adjacent to an activating group) is 1. The fraction of sp³-hybridized carbons (Fsp3) is 0.651. The van der Waals surface area contributed by atoms with Crippen molar-refractivity contribution >= 4 is 19.7 Å². The van der Waals surface area contributed by atoms with E-state index in [4.69, 9.17) is 13.8 Å². The Morgan fingerprint density at radius 3 is 1.33 bits per heavy atom. The average molecular weight is 1040 g/mol. The predicted octanol–water partition coefficient (Wildman–Crippen LogP) is 16.9. The van der Waals surface area contributed by atoms with E-state index in [1.807, 2.05) is 27.2 Å². The Morgan fingerprint density at radius 2 is 0.877 bits per heavy atom. The highest BCUT2D eigenvalue weighted by molar-refractivity contribution is 7.45. The van der Waals surface area contributed by atoms with Crippen LogP contribution in [0.3, 0.4) is 0 Å². The van der Waals surface area contributed by atoms with Crippen molar-refractivity contribution in [3.8, 4) is 0 Å². The number of phosphoric ester groups is 1. The fourth-order valence-electron chi connectivity index (χ4n) is 7.48. The zero-order chi connectivity index (χ0) is 53.6. The number of esters is 1. The molecule has 0 aromatic carbocycles. The van der Waals surface area contributed by atoms with Gasteiger partial charge < -0.3 is 28.5 Å². The third-order valence-corrected chi connectivity index (χ3v) is 12.9. The molecule has 0 aromatic rings. The molecule has 3 atom stereocenters. The van der Waals surface area contributed by atoms with Crippen LogP contribution in [0.1, 0.15) is 213 Å². The molecule has 0 spiro atoms. The van der Waals surface area contributed by atoms with Crippen molar-refractivity contribution in [3.63, 3.8) is 0 Å². The van der Waals surface area contributed by atoms with Crippen LogP contribution >= 0.6 is 7.82 Å². The van der Waals surface area contributed by atoms with E-state index in [0.717, 1.165) is 116 Å². The first-order valence-corrected chi connectivity index (χ1v) is 30.3. The SMILES string of the molecule is CC/C=C\C/C=C\C/C=C\C/C=C\C/C=C\C/C=C\CCCCC(=O)OC(/C=C\CCCCCCCCCCCC)C(COP(=O)([O-])OCC[N+](C)(C)C)NC(=O)CCCCCC/C=C/C/C=C/C/C=C/CC. The molecular weight excluding hydrogens is 928 g/mol. The minimum absolute atomic E-state index is 0.0408. The van der Waals surface area contributed by atoms with Gasteiger partial charge in [-0.05, 0) is 115 Å². The van der Waals surface area contributed by atoms with Crippen molar-refractivity contribution in [1.82, 2.24) is 5.32 Å². The summed E-state index contributed by atoms with van der Waals surface area (Å²) in [7, 11) is 1.12. The van der Waals surface area contributed by atoms with Crippen molar-refractivity contribution in [2.75, 3.05) is 40.9 Å². The summed E-state index contributed by atoms with van der Waals surface area (Å²) in [5, 5.41) is 2.99. The number of hydrogen-bond donors (Lipinski definition) is 1. The van der Waals surface area contributed by atoms with Crippen LogP contribution in [0.5, 0.6) is 0 Å². The number of carbonyl (C=O) groups is 2. The molecule has 10 heteroatoms. The molecule has 0 aliphatic heterocycles. The first-order valence-electron chi connectivity index (χ1n) is 28.8. The van der Waals surface area contributed by atoms with E-state index in [-0.39, 0.29) is 25.4 Å². The van der Waals surface area contributed by atoms with Gasteiger partial charge in [-0.15, -0.1) is 0 Å². The number of amides is 1. The maximum atomic E-state index is 13.5. The molecule has 73 heavy (non-hydrogen) atoms. The highest BCUT2D eigenvalue weighted by Crippen LogP contribution is 2.38. The predicted molar refractivity (Wildman–Crippen MR) is 311 cm³/mol. The Morgan fingerprint density at radius 1 is 0.493 bits per heavy atom. The van der Waals surface area contributed by atoms with E-state index >= 15 is 0 Å². The highest BCUT2D eigenvalue weighted by Gasteiger charge is 2.27. The second-order valence-electron chi connectivity index (χ2n) is 20.0. The van der Waals surface area contributed by atoms with Crippen LogP contribution in [0.25, 0.3) is 0 Å². The number of hydrogen-bond acceptors (Lipinski definition) is 7. The van der Waals surface area contributed by atoms with Crippen LogP contribution in [0.2, 0.25) is 0 Å². The third-order valence-electron chi connectivity index (χ3n) is 11.9. The smallest absolute Gasteiger partial charge is 0.306 e. The minimum atomic E-state index is -4.72. The maximum Gasteiger partial charge on any atom is 0.306 e. The van der Waals surface area contributed by atoms with Gasteiger partial charge in [0, 0.05) is 12.8 Å². The molecule has 0 fully saturated rings. The molecule has 0 saturated heterocycles. The number of nitrogens with zero attached hydrogens (tertiary/aromatic N) is 1. The number of quaternary nitrogens is 1. The quantitative estimate of drug-likeness (QED) is 0.0212. The van der Waals surface area contributed by atoms with Crippen LogP contribution in [0.4, 0.5) is 0 Å². The zero-order valence-electron chi connectivity index (χ0n) is 47.3. The van der Waals surface area contributed by atoms with Crippen LogP contribution in [-0.2, 0) is 27.9 Å². The molecule has 0 saturated carbocycles. The van der Waals surface area contributed by atoms with Gasteiger partial charge in [0.25, 0.3) is 7.82 Å². The summed E-state index contributed by atoms with van der Waals surface area (Å²) in [5.41, 5.74) is 0. The summed E-state index contributed by atoms with van der Waals surface area (Å²) < 4.78 is 30.2. The lowest BCUT2D eigenvalue weighted by atomic mass is 10.1. The lowest BCUT2D eigenvalue weighted by Crippen LogP contribution is -2.47. The molecule has 416 valence electrons. The van der Waals surface area contributed by atoms with Crippen LogP contribution in [-0.4, -0.2) is 69.4 Å². The summed E-state index contributed by atoms with van der Waals surface area (Å²) in [5.74, 6) is -0.629. The minimum Gasteiger partial charge on any atom is -0.756 e. The Hall–Kier alpha value is -3.59. The van der Waals surface area contributed by atoms with E-state index in [1.165, 1.54) is 51.4 Å². The van der Waals surface area contributed by atoms with Gasteiger partial charge in [0.15, 0.2) is 0 Å². The van der Waals surface area contributed by atoms with Gasteiger partial charge in [0.2, 0.25) is 5.91 Å². The first kappa shape index (κ1) is 69.4. The molecule has 0 radical (unpaired) electrons. The molecule has 0 bridgehead atoms. The second-order valence-corrected chi connectivity index (χ2v) is 21.4. The van der Waals surface area contributed by atoms with Crippen molar-refractivity contribution in [2.24, 2.45) is 0 Å². The van der Waals surface area contributed by atoms with Gasteiger partial charge in [-0.3, -0.25) is 14.2 Å². The van der Waals surface area contributed by atoms with Crippen molar-refractivity contribution in [2.45, 2.75) is 226 Å². The average Bonchev–Trinajstić information content (AvgIpc) is 3.35. The lowest BCUT2D eigenvalue weighted by molar-refractivity contribution is -0.870. The molecule has 1 amide bonds. The highest BCUT2D eigenvalue weighted by atomic mass is 31.2. The van der Waals surface area contributed by atoms with Crippen LogP contribution < -0.4 is 10.2 Å². The molecular formula is C63H107N2O7P. The topological polar surface area (TPSA) is 114 Å². The Balaban J connectivity index is 5.44. The van der Waals surface area contributed by atoms with Crippen molar-refractivity contribution < 1.29 is 37.3 Å². The summed E-state index contributed by atoms with van der Waals surface area (Å²) in [6, 6.07) is -0.926. The van der Waals surface area contributed by atoms with E-state index in [0.29, 0.717) is 23.9 Å². The van der Waals surface area contributed by atoms with Gasteiger partial charge >= 0.3 is 5.97 Å². The largest absolute Gasteiger partial charge is 0.756 e. The molecule has 0 aromatic heterocycles. The molecule has 0 rings (SSSR count). The van der Waals surface area contributed by atoms with Gasteiger partial charge in [-0.25, -0.2) is 0 Å². The third kappa shape index (κ3) is 53.1. The maximum absolute atomic E-state index is 13.5. The standard InChI is InChI=1S/C63H107N2O7P/c1-7-10-13-16-19-22-25-28-30-31-32-33-34-35-36-38-41-44-47-50-53-56-63(67)72-61(54-51-48-45-42-39-27-24-21-18-15-12-9-3)60(59-71-73(68,69)70-58-57-65(4,5)6)64-62(66)55-52-49-46-43-40-37-29-26-23-20-17-14-11-8-2/h10-11,13-14,19-20,22-23,28-30,32-33,35-37,41,44,51,54,60-61H,7-9,12,15-18,21,24-27,31,34,38-40,42-43,45-50,52-53,55-59H2,1-6H3,(H-,64,66,68,69)/b13-10-,14-11+,22-19-,23-20+,30-28-,33-32-,36-35-,37-29+,44-41-,54-51-. The Bertz CT molecular complexity index is 1660. The Kier molecular flexibility index (Phi) is 49.3. The van der Waals surface area contributed by atoms with E-state index in [2.05, 4.69) is 135 Å². The lowest BCUT2D eigenvalue weighted by Gasteiger charge is -2.30. The summed E-state index contributed by atoms with van der Waals surface area (Å²) in [4.78, 5) is 39.8. The van der Waals surface area contributed by atoms with Crippen molar-refractivity contribution in [3.05, 3.63) is 122 Å². The van der Waals surface area contributed by atoms with Crippen molar-refractivity contribution in [1.29, 1.82) is 0 Å². The number of unbranched alkanes of at least 4 members (excludes halogenated alkanes) is 16. The molecule has 0 heterocycles. The van der Waals surface area contributed by atoms with Gasteiger partial charge in [-0.1, -0.05) is 207 Å².